The summed E-state index contributed by atoms with van der Waals surface area (Å²) in [6, 6.07) is 6.18. The van der Waals surface area contributed by atoms with Crippen molar-refractivity contribution in [3.05, 3.63) is 45.1 Å². The maximum Gasteiger partial charge on any atom is 0.344 e. The topological polar surface area (TPSA) is 129 Å². The van der Waals surface area contributed by atoms with Crippen LogP contribution in [0.25, 0.3) is 0 Å². The Bertz CT molecular complexity index is 1060. The van der Waals surface area contributed by atoms with Gasteiger partial charge in [-0.3, -0.25) is 9.59 Å². The predicted octanol–water partition coefficient (Wildman–Crippen LogP) is 1.89. The molecule has 0 fully saturated rings. The number of carbonyl (C=O) groups excluding carboxylic acids is 4. The first-order valence-electron chi connectivity index (χ1n) is 11.3. The van der Waals surface area contributed by atoms with Crippen molar-refractivity contribution in [3.63, 3.8) is 0 Å². The summed E-state index contributed by atoms with van der Waals surface area (Å²) >= 11 is 1.44. The van der Waals surface area contributed by atoms with Crippen molar-refractivity contribution >= 4 is 35.0 Å². The number of ketones is 1. The van der Waals surface area contributed by atoms with Crippen LogP contribution >= 0.6 is 11.3 Å². The second-order valence-electron chi connectivity index (χ2n) is 7.44. The zero-order chi connectivity index (χ0) is 25.2. The van der Waals surface area contributed by atoms with Crippen LogP contribution < -0.4 is 20.1 Å². The van der Waals surface area contributed by atoms with Crippen LogP contribution in [0.3, 0.4) is 0 Å². The SMILES string of the molecule is CCOC(=O)COc1ccc(C(=O)CNC(=O)c2cc3c(s2)CCNC3)cc1OCC(=O)OCC. The number of hydrogen-bond donors (Lipinski definition) is 2. The first-order valence-corrected chi connectivity index (χ1v) is 12.1. The lowest BCUT2D eigenvalue weighted by atomic mass is 10.1. The summed E-state index contributed by atoms with van der Waals surface area (Å²) in [4.78, 5) is 50.4. The molecular weight excluding hydrogens is 476 g/mol. The Balaban J connectivity index is 1.65. The smallest absolute Gasteiger partial charge is 0.344 e. The number of Topliss-reactive ketones (excluding diaryl/α,β-unsaturated/α-hetero) is 1. The minimum absolute atomic E-state index is 0.0814. The Labute approximate surface area is 206 Å². The van der Waals surface area contributed by atoms with Gasteiger partial charge >= 0.3 is 11.9 Å². The second-order valence-corrected chi connectivity index (χ2v) is 8.58. The lowest BCUT2D eigenvalue weighted by Gasteiger charge is -2.13. The fourth-order valence-electron chi connectivity index (χ4n) is 3.31. The van der Waals surface area contributed by atoms with Gasteiger partial charge in [-0.15, -0.1) is 11.3 Å². The molecule has 0 aliphatic carbocycles. The Morgan fingerprint density at radius 2 is 1.66 bits per heavy atom. The molecule has 2 N–H and O–H groups in total. The summed E-state index contributed by atoms with van der Waals surface area (Å²) in [5.74, 6) is -1.61. The highest BCUT2D eigenvalue weighted by atomic mass is 32.1. The third kappa shape index (κ3) is 7.52. The number of nitrogens with one attached hydrogen (secondary N) is 2. The highest BCUT2D eigenvalue weighted by Crippen LogP contribution is 2.29. The summed E-state index contributed by atoms with van der Waals surface area (Å²) in [5, 5.41) is 5.92. The fourth-order valence-corrected chi connectivity index (χ4v) is 4.40. The van der Waals surface area contributed by atoms with Crippen LogP contribution in [-0.4, -0.2) is 63.1 Å². The Morgan fingerprint density at radius 1 is 0.971 bits per heavy atom. The molecule has 0 radical (unpaired) electrons. The molecule has 1 aromatic heterocycles. The van der Waals surface area contributed by atoms with E-state index in [0.29, 0.717) is 4.88 Å². The van der Waals surface area contributed by atoms with E-state index in [1.807, 2.05) is 6.07 Å². The van der Waals surface area contributed by atoms with Crippen LogP contribution in [0, 0.1) is 0 Å². The van der Waals surface area contributed by atoms with E-state index in [9.17, 15) is 19.2 Å². The number of ether oxygens (including phenoxy) is 4. The zero-order valence-corrected chi connectivity index (χ0v) is 20.5. The normalized spacial score (nSPS) is 12.3. The number of rotatable bonds is 12. The lowest BCUT2D eigenvalue weighted by molar-refractivity contribution is -0.146. The number of thiophene rings is 1. The number of carbonyl (C=O) groups is 4. The second kappa shape index (κ2) is 12.9. The number of fused-ring (bicyclic) bond motifs is 1. The monoisotopic (exact) mass is 504 g/mol. The van der Waals surface area contributed by atoms with Gasteiger partial charge in [0.2, 0.25) is 0 Å². The van der Waals surface area contributed by atoms with Gasteiger partial charge in [0.05, 0.1) is 24.6 Å². The molecule has 0 atom stereocenters. The van der Waals surface area contributed by atoms with Crippen LogP contribution in [-0.2, 0) is 32.0 Å². The van der Waals surface area contributed by atoms with Crippen LogP contribution in [0.2, 0.25) is 0 Å². The van der Waals surface area contributed by atoms with E-state index in [0.717, 1.165) is 25.1 Å². The van der Waals surface area contributed by atoms with Crippen molar-refractivity contribution in [2.75, 3.05) is 39.5 Å². The van der Waals surface area contributed by atoms with Crippen molar-refractivity contribution in [2.24, 2.45) is 0 Å². The van der Waals surface area contributed by atoms with Gasteiger partial charge in [-0.25, -0.2) is 9.59 Å². The molecule has 188 valence electrons. The molecule has 2 heterocycles. The largest absolute Gasteiger partial charge is 0.478 e. The van der Waals surface area contributed by atoms with E-state index in [1.165, 1.54) is 34.4 Å². The molecule has 0 saturated heterocycles. The highest BCUT2D eigenvalue weighted by molar-refractivity contribution is 7.14. The molecule has 1 aromatic carbocycles. The van der Waals surface area contributed by atoms with Crippen LogP contribution in [0.1, 0.15) is 44.3 Å². The van der Waals surface area contributed by atoms with Gasteiger partial charge in [-0.1, -0.05) is 0 Å². The summed E-state index contributed by atoms with van der Waals surface area (Å²) in [5.41, 5.74) is 1.35. The van der Waals surface area contributed by atoms with Crippen molar-refractivity contribution in [2.45, 2.75) is 26.8 Å². The van der Waals surface area contributed by atoms with Gasteiger partial charge in [0, 0.05) is 23.5 Å². The molecule has 35 heavy (non-hydrogen) atoms. The average Bonchev–Trinajstić information content (AvgIpc) is 3.29. The first-order chi connectivity index (χ1) is 16.9. The Hall–Kier alpha value is -3.44. The Kier molecular flexibility index (Phi) is 9.62. The standard InChI is InChI=1S/C24H28N2O8S/c1-3-31-22(28)13-33-18-6-5-15(9-19(18)34-14-23(29)32-4-2)17(27)12-26-24(30)21-10-16-11-25-8-7-20(16)35-21/h5-6,9-10,25H,3-4,7-8,11-14H2,1-2H3,(H,26,30). The third-order valence-corrected chi connectivity index (χ3v) is 6.18. The molecule has 1 amide bonds. The van der Waals surface area contributed by atoms with Crippen molar-refractivity contribution in [3.8, 4) is 11.5 Å². The van der Waals surface area contributed by atoms with E-state index in [1.54, 1.807) is 13.8 Å². The van der Waals surface area contributed by atoms with Crippen molar-refractivity contribution in [1.82, 2.24) is 10.6 Å². The molecule has 1 aliphatic heterocycles. The van der Waals surface area contributed by atoms with E-state index in [-0.39, 0.29) is 55.1 Å². The molecular formula is C24H28N2O8S. The highest BCUT2D eigenvalue weighted by Gasteiger charge is 2.19. The summed E-state index contributed by atoms with van der Waals surface area (Å²) in [7, 11) is 0. The first kappa shape index (κ1) is 26.2. The third-order valence-electron chi connectivity index (χ3n) is 4.94. The van der Waals surface area contributed by atoms with Gasteiger partial charge in [-0.2, -0.15) is 0 Å². The van der Waals surface area contributed by atoms with Gasteiger partial charge in [0.25, 0.3) is 5.91 Å². The Morgan fingerprint density at radius 3 is 2.31 bits per heavy atom. The van der Waals surface area contributed by atoms with Crippen molar-refractivity contribution < 1.29 is 38.1 Å². The zero-order valence-electron chi connectivity index (χ0n) is 19.6. The predicted molar refractivity (Wildman–Crippen MR) is 127 cm³/mol. The number of hydrogen-bond acceptors (Lipinski definition) is 10. The number of amides is 1. The molecule has 0 unspecified atom stereocenters. The quantitative estimate of drug-likeness (QED) is 0.329. The van der Waals surface area contributed by atoms with Crippen LogP contribution in [0.5, 0.6) is 11.5 Å². The van der Waals surface area contributed by atoms with E-state index >= 15 is 0 Å². The molecule has 0 bridgehead atoms. The lowest BCUT2D eigenvalue weighted by Crippen LogP contribution is -2.29. The van der Waals surface area contributed by atoms with Gasteiger partial charge in [0.1, 0.15) is 0 Å². The van der Waals surface area contributed by atoms with Crippen LogP contribution in [0.4, 0.5) is 0 Å². The van der Waals surface area contributed by atoms with Gasteiger partial charge < -0.3 is 29.6 Å². The fraction of sp³-hybridized carbons (Fsp3) is 0.417. The maximum absolute atomic E-state index is 12.7. The maximum atomic E-state index is 12.7. The summed E-state index contributed by atoms with van der Waals surface area (Å²) < 4.78 is 20.6. The molecule has 0 spiro atoms. The van der Waals surface area contributed by atoms with Crippen molar-refractivity contribution in [1.29, 1.82) is 0 Å². The minimum atomic E-state index is -0.596. The molecule has 2 aromatic rings. The summed E-state index contributed by atoms with van der Waals surface area (Å²) in [6.45, 7) is 4.36. The summed E-state index contributed by atoms with van der Waals surface area (Å²) in [6.07, 6.45) is 0.880. The van der Waals surface area contributed by atoms with E-state index < -0.39 is 18.5 Å². The number of benzene rings is 1. The molecule has 0 saturated carbocycles. The molecule has 11 heteroatoms. The van der Waals surface area contributed by atoms with Gasteiger partial charge in [0.15, 0.2) is 30.5 Å². The average molecular weight is 505 g/mol. The molecule has 10 nitrogen and oxygen atoms in total. The van der Waals surface area contributed by atoms with E-state index in [4.69, 9.17) is 18.9 Å². The van der Waals surface area contributed by atoms with Gasteiger partial charge in [-0.05, 0) is 50.1 Å². The van der Waals surface area contributed by atoms with E-state index in [2.05, 4.69) is 10.6 Å². The number of esters is 2. The molecule has 3 rings (SSSR count). The molecule has 1 aliphatic rings. The van der Waals surface area contributed by atoms with Crippen LogP contribution in [0.15, 0.2) is 24.3 Å². The minimum Gasteiger partial charge on any atom is -0.478 e.